The first-order valence-corrected chi connectivity index (χ1v) is 12.6. The van der Waals surface area contributed by atoms with Crippen molar-refractivity contribution in [2.24, 2.45) is 11.3 Å². The molecule has 0 fully saturated rings. The molecule has 1 aromatic carbocycles. The van der Waals surface area contributed by atoms with Crippen LogP contribution in [0.4, 0.5) is 5.00 Å². The molecule has 5 nitrogen and oxygen atoms in total. The van der Waals surface area contributed by atoms with Gasteiger partial charge in [-0.3, -0.25) is 4.79 Å². The smallest absolute Gasteiger partial charge is 0.353 e. The Kier molecular flexibility index (Phi) is 5.34. The predicted molar refractivity (Wildman–Crippen MR) is 129 cm³/mol. The number of thiophene rings is 2. The van der Waals surface area contributed by atoms with E-state index in [1.54, 1.807) is 29.5 Å². The van der Waals surface area contributed by atoms with Crippen molar-refractivity contribution in [3.63, 3.8) is 0 Å². The Hall–Kier alpha value is -2.64. The van der Waals surface area contributed by atoms with E-state index in [4.69, 9.17) is 4.74 Å². The molecular weight excluding hydrogens is 440 g/mol. The number of nitrogens with one attached hydrogen (secondary N) is 2. The maximum absolute atomic E-state index is 13.0. The molecule has 0 saturated heterocycles. The molecule has 5 rings (SSSR count). The summed E-state index contributed by atoms with van der Waals surface area (Å²) in [7, 11) is 0. The number of ether oxygens (including phenoxy) is 1. The maximum Gasteiger partial charge on any atom is 0.353 e. The van der Waals surface area contributed by atoms with Crippen molar-refractivity contribution >= 4 is 39.6 Å². The SMILES string of the molecule is CC(C)(C)[C@@H]1CCc2c(sc3c2C(=O)N[C@@H](c2ccc(OC(=O)c4cccs4)cc2)N3)C1. The van der Waals surface area contributed by atoms with Gasteiger partial charge >= 0.3 is 5.97 Å². The van der Waals surface area contributed by atoms with Crippen molar-refractivity contribution in [2.75, 3.05) is 5.32 Å². The largest absolute Gasteiger partial charge is 0.422 e. The quantitative estimate of drug-likeness (QED) is 0.365. The third-order valence-electron chi connectivity index (χ3n) is 6.41. The molecule has 3 aromatic rings. The molecule has 1 aliphatic carbocycles. The minimum Gasteiger partial charge on any atom is -0.422 e. The number of anilines is 1. The first-order chi connectivity index (χ1) is 15.3. The highest BCUT2D eigenvalue weighted by Gasteiger charge is 2.36. The molecule has 1 amide bonds. The standard InChI is InChI=1S/C25H26N2O3S2/c1-25(2,3)15-8-11-17-19(13-15)32-23-20(17)22(28)26-21(27-23)14-6-9-16(10-7-14)30-24(29)18-5-4-12-31-18/h4-7,9-10,12,15,21,27H,8,11,13H2,1-3H3,(H,26,28)/t15-,21-/m1/s1. The Bertz CT molecular complexity index is 1160. The highest BCUT2D eigenvalue weighted by Crippen LogP contribution is 2.46. The summed E-state index contributed by atoms with van der Waals surface area (Å²) >= 11 is 3.08. The fourth-order valence-electron chi connectivity index (χ4n) is 4.48. The van der Waals surface area contributed by atoms with Crippen LogP contribution < -0.4 is 15.4 Å². The van der Waals surface area contributed by atoms with E-state index in [-0.39, 0.29) is 23.5 Å². The molecule has 32 heavy (non-hydrogen) atoms. The molecule has 2 N–H and O–H groups in total. The number of fused-ring (bicyclic) bond motifs is 3. The molecule has 3 heterocycles. The first-order valence-electron chi connectivity index (χ1n) is 10.9. The van der Waals surface area contributed by atoms with E-state index in [2.05, 4.69) is 31.4 Å². The maximum atomic E-state index is 13.0. The van der Waals surface area contributed by atoms with Crippen molar-refractivity contribution in [1.29, 1.82) is 0 Å². The Morgan fingerprint density at radius 1 is 1.12 bits per heavy atom. The van der Waals surface area contributed by atoms with Crippen molar-refractivity contribution in [3.05, 3.63) is 68.2 Å². The van der Waals surface area contributed by atoms with Gasteiger partial charge in [0.2, 0.25) is 0 Å². The molecular formula is C25H26N2O3S2. The number of rotatable bonds is 3. The fourth-order valence-corrected chi connectivity index (χ4v) is 6.44. The summed E-state index contributed by atoms with van der Waals surface area (Å²) in [6.45, 7) is 6.91. The molecule has 2 aromatic heterocycles. The van der Waals surface area contributed by atoms with Crippen molar-refractivity contribution < 1.29 is 14.3 Å². The molecule has 0 radical (unpaired) electrons. The van der Waals surface area contributed by atoms with Crippen LogP contribution in [0.2, 0.25) is 0 Å². The zero-order valence-electron chi connectivity index (χ0n) is 18.4. The molecule has 0 saturated carbocycles. The third kappa shape index (κ3) is 3.95. The second-order valence-corrected chi connectivity index (χ2v) is 11.6. The van der Waals surface area contributed by atoms with Gasteiger partial charge in [-0.15, -0.1) is 22.7 Å². The van der Waals surface area contributed by atoms with Crippen LogP contribution in [0, 0.1) is 11.3 Å². The van der Waals surface area contributed by atoms with Gasteiger partial charge in [-0.1, -0.05) is 39.0 Å². The normalized spacial score (nSPS) is 20.0. The molecule has 2 atom stereocenters. The molecule has 1 aliphatic heterocycles. The summed E-state index contributed by atoms with van der Waals surface area (Å²) in [5, 5.41) is 9.43. The number of carbonyl (C=O) groups is 2. The zero-order chi connectivity index (χ0) is 22.5. The minimum atomic E-state index is -0.362. The van der Waals surface area contributed by atoms with E-state index < -0.39 is 0 Å². The lowest BCUT2D eigenvalue weighted by Gasteiger charge is -2.34. The van der Waals surface area contributed by atoms with Crippen molar-refractivity contribution in [3.8, 4) is 5.75 Å². The summed E-state index contributed by atoms with van der Waals surface area (Å²) in [5.41, 5.74) is 3.24. The van der Waals surface area contributed by atoms with E-state index in [1.807, 2.05) is 23.6 Å². The molecule has 0 spiro atoms. The van der Waals surface area contributed by atoms with Crippen LogP contribution in [0.25, 0.3) is 0 Å². The van der Waals surface area contributed by atoms with Crippen LogP contribution in [0.3, 0.4) is 0 Å². The number of hydrogen-bond acceptors (Lipinski definition) is 6. The monoisotopic (exact) mass is 466 g/mol. The van der Waals surface area contributed by atoms with Crippen molar-refractivity contribution in [2.45, 2.75) is 46.2 Å². The van der Waals surface area contributed by atoms with Gasteiger partial charge in [0.1, 0.15) is 21.8 Å². The lowest BCUT2D eigenvalue weighted by molar-refractivity contribution is 0.0739. The van der Waals surface area contributed by atoms with Gasteiger partial charge in [0.25, 0.3) is 5.91 Å². The number of hydrogen-bond donors (Lipinski definition) is 2. The summed E-state index contributed by atoms with van der Waals surface area (Å²) < 4.78 is 5.44. The van der Waals surface area contributed by atoms with Crippen LogP contribution in [0.1, 0.15) is 69.4 Å². The van der Waals surface area contributed by atoms with Crippen molar-refractivity contribution in [1.82, 2.24) is 5.32 Å². The van der Waals surface area contributed by atoms with E-state index in [9.17, 15) is 9.59 Å². The molecule has 7 heteroatoms. The van der Waals surface area contributed by atoms with E-state index in [0.29, 0.717) is 16.5 Å². The summed E-state index contributed by atoms with van der Waals surface area (Å²) in [5.74, 6) is 0.746. The molecule has 166 valence electrons. The van der Waals surface area contributed by atoms with Crippen LogP contribution in [-0.2, 0) is 12.8 Å². The zero-order valence-corrected chi connectivity index (χ0v) is 20.0. The Morgan fingerprint density at radius 3 is 2.59 bits per heavy atom. The van der Waals surface area contributed by atoms with Gasteiger partial charge in [0, 0.05) is 4.88 Å². The Morgan fingerprint density at radius 2 is 1.91 bits per heavy atom. The highest BCUT2D eigenvalue weighted by atomic mass is 32.1. The number of carbonyl (C=O) groups excluding carboxylic acids is 2. The molecule has 0 bridgehead atoms. The topological polar surface area (TPSA) is 67.4 Å². The van der Waals surface area contributed by atoms with Crippen LogP contribution in [-0.4, -0.2) is 11.9 Å². The third-order valence-corrected chi connectivity index (χ3v) is 8.45. The van der Waals surface area contributed by atoms with Gasteiger partial charge in [-0.05, 0) is 65.3 Å². The van der Waals surface area contributed by atoms with Gasteiger partial charge in [-0.25, -0.2) is 4.79 Å². The minimum absolute atomic E-state index is 0.0105. The number of esters is 1. The summed E-state index contributed by atoms with van der Waals surface area (Å²) in [6.07, 6.45) is 2.82. The van der Waals surface area contributed by atoms with Crippen LogP contribution >= 0.6 is 22.7 Å². The first kappa shape index (κ1) is 21.2. The lowest BCUT2D eigenvalue weighted by atomic mass is 9.72. The molecule has 2 aliphatic rings. The van der Waals surface area contributed by atoms with Gasteiger partial charge in [-0.2, -0.15) is 0 Å². The average Bonchev–Trinajstić information content (AvgIpc) is 3.41. The fraction of sp³-hybridized carbons (Fsp3) is 0.360. The van der Waals surface area contributed by atoms with Gasteiger partial charge in [0.05, 0.1) is 5.56 Å². The van der Waals surface area contributed by atoms with E-state index in [1.165, 1.54) is 21.8 Å². The van der Waals surface area contributed by atoms with Crippen LogP contribution in [0.5, 0.6) is 5.75 Å². The van der Waals surface area contributed by atoms with E-state index >= 15 is 0 Å². The van der Waals surface area contributed by atoms with Gasteiger partial charge < -0.3 is 15.4 Å². The molecule has 0 unspecified atom stereocenters. The van der Waals surface area contributed by atoms with E-state index in [0.717, 1.165) is 35.4 Å². The Balaban J connectivity index is 1.32. The second-order valence-electron chi connectivity index (χ2n) is 9.50. The number of benzene rings is 1. The number of amides is 1. The predicted octanol–water partition coefficient (Wildman–Crippen LogP) is 6.03. The lowest BCUT2D eigenvalue weighted by Crippen LogP contribution is -2.38. The highest BCUT2D eigenvalue weighted by molar-refractivity contribution is 7.16. The van der Waals surface area contributed by atoms with Gasteiger partial charge in [0.15, 0.2) is 0 Å². The summed E-state index contributed by atoms with van der Waals surface area (Å²) in [4.78, 5) is 27.1. The Labute approximate surface area is 195 Å². The summed E-state index contributed by atoms with van der Waals surface area (Å²) in [6, 6.07) is 10.8. The average molecular weight is 467 g/mol. The van der Waals surface area contributed by atoms with Crippen LogP contribution in [0.15, 0.2) is 41.8 Å². The second kappa shape index (κ2) is 8.05.